The van der Waals surface area contributed by atoms with E-state index in [0.29, 0.717) is 17.5 Å². The van der Waals surface area contributed by atoms with Crippen molar-refractivity contribution in [1.29, 1.82) is 0 Å². The number of aromatic nitrogens is 4. The minimum absolute atomic E-state index is 0.651. The van der Waals surface area contributed by atoms with E-state index >= 15 is 0 Å². The van der Waals surface area contributed by atoms with Crippen LogP contribution in [0.25, 0.3) is 144 Å². The van der Waals surface area contributed by atoms with E-state index in [9.17, 15) is 0 Å². The Kier molecular flexibility index (Phi) is 7.66. The topological polar surface area (TPSA) is 43.6 Å². The monoisotopic (exact) mass is 892 g/mol. The van der Waals surface area contributed by atoms with Crippen LogP contribution in [0.1, 0.15) is 0 Å². The zero-order valence-electron chi connectivity index (χ0n) is 35.0. The van der Waals surface area contributed by atoms with E-state index in [1.165, 1.54) is 88.1 Å². The van der Waals surface area contributed by atoms with Gasteiger partial charge in [-0.3, -0.25) is 0 Å². The van der Waals surface area contributed by atoms with Gasteiger partial charge in [-0.15, -0.1) is 34.0 Å². The fourth-order valence-electron chi connectivity index (χ4n) is 10.6. The smallest absolute Gasteiger partial charge is 0.165 e. The van der Waals surface area contributed by atoms with E-state index in [1.54, 1.807) is 0 Å². The molecular formula is C59H32N4S3. The molecule has 5 heterocycles. The number of hydrogen-bond donors (Lipinski definition) is 0. The van der Waals surface area contributed by atoms with Crippen molar-refractivity contribution in [3.8, 4) is 39.9 Å². The highest BCUT2D eigenvalue weighted by molar-refractivity contribution is 7.27. The Bertz CT molecular complexity index is 4320. The number of hydrogen-bond acceptors (Lipinski definition) is 6. The summed E-state index contributed by atoms with van der Waals surface area (Å²) in [6.45, 7) is 0. The van der Waals surface area contributed by atoms with Crippen LogP contribution in [0.5, 0.6) is 0 Å². The maximum absolute atomic E-state index is 5.60. The lowest BCUT2D eigenvalue weighted by Crippen LogP contribution is -2.02. The van der Waals surface area contributed by atoms with Gasteiger partial charge in [0.1, 0.15) is 0 Å². The van der Waals surface area contributed by atoms with Gasteiger partial charge in [-0.2, -0.15) is 0 Å². The third-order valence-corrected chi connectivity index (χ3v) is 16.9. The van der Waals surface area contributed by atoms with Crippen molar-refractivity contribution >= 4 is 138 Å². The zero-order chi connectivity index (χ0) is 43.0. The summed E-state index contributed by atoms with van der Waals surface area (Å²) < 4.78 is 9.76. The largest absolute Gasteiger partial charge is 0.309 e. The van der Waals surface area contributed by atoms with Crippen LogP contribution in [0.2, 0.25) is 0 Å². The number of rotatable bonds is 4. The van der Waals surface area contributed by atoms with Gasteiger partial charge in [0.05, 0.1) is 11.0 Å². The first-order valence-electron chi connectivity index (χ1n) is 22.1. The lowest BCUT2D eigenvalue weighted by atomic mass is 10.00. The number of thiophene rings is 3. The maximum Gasteiger partial charge on any atom is 0.165 e. The molecule has 0 saturated carbocycles. The second-order valence-electron chi connectivity index (χ2n) is 17.0. The van der Waals surface area contributed by atoms with Crippen LogP contribution in [0, 0.1) is 0 Å². The van der Waals surface area contributed by atoms with E-state index in [1.807, 2.05) is 34.0 Å². The van der Waals surface area contributed by atoms with Gasteiger partial charge in [0.15, 0.2) is 17.5 Å². The van der Waals surface area contributed by atoms with Gasteiger partial charge in [0, 0.05) is 93.7 Å². The molecule has 66 heavy (non-hydrogen) atoms. The molecule has 5 aromatic heterocycles. The molecule has 15 aromatic rings. The summed E-state index contributed by atoms with van der Waals surface area (Å²) in [6, 6.07) is 70.6. The molecule has 0 atom stereocenters. The molecule has 306 valence electrons. The summed E-state index contributed by atoms with van der Waals surface area (Å²) in [5.74, 6) is 1.98. The van der Waals surface area contributed by atoms with E-state index in [2.05, 4.69) is 199 Å². The number of nitrogens with zero attached hydrogens (tertiary/aromatic N) is 4. The Morgan fingerprint density at radius 1 is 0.303 bits per heavy atom. The Balaban J connectivity index is 1.08. The van der Waals surface area contributed by atoms with Crippen LogP contribution < -0.4 is 0 Å². The molecule has 0 radical (unpaired) electrons. The predicted molar refractivity (Wildman–Crippen MR) is 284 cm³/mol. The first-order chi connectivity index (χ1) is 32.7. The van der Waals surface area contributed by atoms with Gasteiger partial charge in [-0.25, -0.2) is 15.0 Å². The fraction of sp³-hybridized carbons (Fsp3) is 0. The Morgan fingerprint density at radius 3 is 1.29 bits per heavy atom. The molecule has 0 saturated heterocycles. The van der Waals surface area contributed by atoms with Crippen molar-refractivity contribution < 1.29 is 0 Å². The highest BCUT2D eigenvalue weighted by Gasteiger charge is 2.24. The number of benzene rings is 10. The summed E-state index contributed by atoms with van der Waals surface area (Å²) in [7, 11) is 0. The van der Waals surface area contributed by atoms with Gasteiger partial charge < -0.3 is 4.57 Å². The van der Waals surface area contributed by atoms with E-state index in [0.717, 1.165) is 38.1 Å². The van der Waals surface area contributed by atoms with E-state index < -0.39 is 0 Å². The third kappa shape index (κ3) is 5.21. The highest BCUT2D eigenvalue weighted by atomic mass is 32.1. The van der Waals surface area contributed by atoms with Crippen LogP contribution >= 0.6 is 34.0 Å². The van der Waals surface area contributed by atoms with Crippen LogP contribution in [0.3, 0.4) is 0 Å². The molecule has 0 spiro atoms. The standard InChI is InChI=1S/C59H32N4S3/c1-3-15-36-33(13-1)27-29-45-54(36)55-37-16-4-2-14-34(37)28-30-46(55)63(45)35-31-43-38-17-5-8-22-47(38)66-56(43)44(32-35)59-61-57(41-20-11-25-50-52(41)39-18-6-9-23-48(39)64-50)60-58(62-59)42-21-12-26-51-53(42)40-19-7-10-24-49(40)65-51/h1-32H. The van der Waals surface area contributed by atoms with Crippen molar-refractivity contribution in [2.45, 2.75) is 0 Å². The van der Waals surface area contributed by atoms with Gasteiger partial charge in [-0.1, -0.05) is 140 Å². The molecule has 0 aliphatic carbocycles. The minimum Gasteiger partial charge on any atom is -0.309 e. The summed E-state index contributed by atoms with van der Waals surface area (Å²) in [6.07, 6.45) is 0. The van der Waals surface area contributed by atoms with Crippen molar-refractivity contribution in [2.24, 2.45) is 0 Å². The highest BCUT2D eigenvalue weighted by Crippen LogP contribution is 2.47. The third-order valence-electron chi connectivity index (χ3n) is 13.4. The Labute approximate surface area is 388 Å². The van der Waals surface area contributed by atoms with Crippen molar-refractivity contribution in [3.63, 3.8) is 0 Å². The lowest BCUT2D eigenvalue weighted by Gasteiger charge is -2.14. The molecule has 10 aromatic carbocycles. The molecular weight excluding hydrogens is 861 g/mol. The van der Waals surface area contributed by atoms with E-state index in [4.69, 9.17) is 15.0 Å². The average molecular weight is 893 g/mol. The fourth-order valence-corrected chi connectivity index (χ4v) is 14.1. The van der Waals surface area contributed by atoms with Crippen molar-refractivity contribution in [3.05, 3.63) is 194 Å². The summed E-state index contributed by atoms with van der Waals surface area (Å²) in [4.78, 5) is 16.7. The minimum atomic E-state index is 0.651. The quantitative estimate of drug-likeness (QED) is 0.177. The summed E-state index contributed by atoms with van der Waals surface area (Å²) in [5, 5.41) is 14.6. The molecule has 0 aliphatic rings. The molecule has 0 fully saturated rings. The van der Waals surface area contributed by atoms with Gasteiger partial charge in [0.2, 0.25) is 0 Å². The molecule has 0 bridgehead atoms. The van der Waals surface area contributed by atoms with Gasteiger partial charge in [-0.05, 0) is 76.1 Å². The first kappa shape index (κ1) is 36.5. The van der Waals surface area contributed by atoms with Crippen LogP contribution in [0.4, 0.5) is 0 Å². The summed E-state index contributed by atoms with van der Waals surface area (Å²) >= 11 is 5.43. The van der Waals surface area contributed by atoms with Crippen LogP contribution in [0.15, 0.2) is 194 Å². The van der Waals surface area contributed by atoms with Gasteiger partial charge >= 0.3 is 0 Å². The Morgan fingerprint density at radius 2 is 0.742 bits per heavy atom. The van der Waals surface area contributed by atoms with Crippen molar-refractivity contribution in [1.82, 2.24) is 19.5 Å². The molecule has 0 aliphatic heterocycles. The lowest BCUT2D eigenvalue weighted by molar-refractivity contribution is 1.08. The average Bonchev–Trinajstić information content (AvgIpc) is 4.15. The first-order valence-corrected chi connectivity index (χ1v) is 24.5. The zero-order valence-corrected chi connectivity index (χ0v) is 37.4. The Hall–Kier alpha value is -7.81. The van der Waals surface area contributed by atoms with Gasteiger partial charge in [0.25, 0.3) is 0 Å². The second-order valence-corrected chi connectivity index (χ2v) is 20.2. The van der Waals surface area contributed by atoms with E-state index in [-0.39, 0.29) is 0 Å². The molecule has 0 unspecified atom stereocenters. The maximum atomic E-state index is 5.60. The summed E-state index contributed by atoms with van der Waals surface area (Å²) in [5.41, 5.74) is 6.37. The predicted octanol–water partition coefficient (Wildman–Crippen LogP) is 17.4. The van der Waals surface area contributed by atoms with Crippen molar-refractivity contribution in [2.75, 3.05) is 0 Å². The second kappa shape index (κ2) is 13.8. The molecule has 0 N–H and O–H groups in total. The number of fused-ring (bicyclic) bond motifs is 16. The molecule has 4 nitrogen and oxygen atoms in total. The van der Waals surface area contributed by atoms with Crippen LogP contribution in [-0.4, -0.2) is 19.5 Å². The molecule has 0 amide bonds. The molecule has 15 rings (SSSR count). The normalized spacial score (nSPS) is 12.2. The van der Waals surface area contributed by atoms with Crippen LogP contribution in [-0.2, 0) is 0 Å². The molecule has 7 heteroatoms. The SMILES string of the molecule is c1ccc2c(c1)ccc1c2c2c3ccccc3ccc2n1-c1cc(-c2nc(-c3cccc4sc5ccccc5c34)nc(-c3cccc4sc5ccccc5c34)n2)c2sc3ccccc3c2c1.